The fourth-order valence-electron chi connectivity index (χ4n) is 1.55. The van der Waals surface area contributed by atoms with Gasteiger partial charge in [-0.1, -0.05) is 12.1 Å². The molecule has 0 N–H and O–H groups in total. The summed E-state index contributed by atoms with van der Waals surface area (Å²) in [5, 5.41) is 0. The Kier molecular flexibility index (Phi) is 4.81. The van der Waals surface area contributed by atoms with Gasteiger partial charge in [-0.25, -0.2) is 0 Å². The molecule has 0 amide bonds. The van der Waals surface area contributed by atoms with Crippen LogP contribution >= 0.6 is 11.6 Å². The summed E-state index contributed by atoms with van der Waals surface area (Å²) < 4.78 is 0. The number of aryl methyl sites for hydroxylation is 1. The predicted octanol–water partition coefficient (Wildman–Crippen LogP) is 3.45. The number of hydrogen-bond acceptors (Lipinski definition) is 1. The van der Waals surface area contributed by atoms with E-state index in [4.69, 9.17) is 11.6 Å². The molecule has 0 heterocycles. The fraction of sp³-hybridized carbons (Fsp3) is 0.500. The molecule has 0 spiro atoms. The smallest absolute Gasteiger partial charge is 0.0368 e. The average molecular weight is 212 g/mol. The number of hydrogen-bond donors (Lipinski definition) is 0. The van der Waals surface area contributed by atoms with Crippen LogP contribution in [-0.4, -0.2) is 19.0 Å². The van der Waals surface area contributed by atoms with Crippen LogP contribution in [0.25, 0.3) is 0 Å². The molecule has 0 saturated heterocycles. The Balaban J connectivity index is 2.68. The number of nitrogens with zero attached hydrogens (tertiary/aromatic N) is 1. The maximum absolute atomic E-state index is 5.69. The number of alkyl halides is 1. The summed E-state index contributed by atoms with van der Waals surface area (Å²) in [6.45, 7) is 6.39. The van der Waals surface area contributed by atoms with Crippen LogP contribution in [-0.2, 0) is 0 Å². The molecule has 14 heavy (non-hydrogen) atoms. The zero-order valence-electron chi connectivity index (χ0n) is 8.96. The van der Waals surface area contributed by atoms with Crippen molar-refractivity contribution in [1.82, 2.24) is 0 Å². The molecule has 0 aliphatic carbocycles. The van der Waals surface area contributed by atoms with Gasteiger partial charge in [0.25, 0.3) is 0 Å². The minimum atomic E-state index is 0.738. The van der Waals surface area contributed by atoms with Crippen molar-refractivity contribution in [3.8, 4) is 0 Å². The number of benzene rings is 1. The van der Waals surface area contributed by atoms with E-state index in [9.17, 15) is 0 Å². The zero-order chi connectivity index (χ0) is 10.4. The van der Waals surface area contributed by atoms with Crippen LogP contribution in [0.2, 0.25) is 0 Å². The van der Waals surface area contributed by atoms with Gasteiger partial charge in [-0.15, -0.1) is 11.6 Å². The van der Waals surface area contributed by atoms with Gasteiger partial charge in [0.15, 0.2) is 0 Å². The lowest BCUT2D eigenvalue weighted by Gasteiger charge is -2.22. The Bertz CT molecular complexity index is 273. The maximum atomic E-state index is 5.69. The van der Waals surface area contributed by atoms with Crippen molar-refractivity contribution in [2.45, 2.75) is 20.3 Å². The Hall–Kier alpha value is -0.690. The Labute approximate surface area is 91.7 Å². The van der Waals surface area contributed by atoms with E-state index in [0.717, 1.165) is 25.4 Å². The zero-order valence-corrected chi connectivity index (χ0v) is 9.72. The van der Waals surface area contributed by atoms with Gasteiger partial charge in [-0.3, -0.25) is 0 Å². The van der Waals surface area contributed by atoms with Gasteiger partial charge in [-0.05, 0) is 38.0 Å². The summed E-state index contributed by atoms with van der Waals surface area (Å²) >= 11 is 5.69. The second-order valence-electron chi connectivity index (χ2n) is 3.46. The molecule has 1 nitrogen and oxygen atoms in total. The summed E-state index contributed by atoms with van der Waals surface area (Å²) in [5.41, 5.74) is 2.62. The first-order valence-electron chi connectivity index (χ1n) is 5.15. The Morgan fingerprint density at radius 1 is 1.36 bits per heavy atom. The highest BCUT2D eigenvalue weighted by Gasteiger charge is 2.02. The first-order valence-corrected chi connectivity index (χ1v) is 5.69. The van der Waals surface area contributed by atoms with E-state index in [1.165, 1.54) is 11.3 Å². The number of halogens is 1. The first kappa shape index (κ1) is 11.4. The highest BCUT2D eigenvalue weighted by Crippen LogP contribution is 2.15. The largest absolute Gasteiger partial charge is 0.372 e. The third-order valence-electron chi connectivity index (χ3n) is 2.31. The molecule has 2 heteroatoms. The minimum Gasteiger partial charge on any atom is -0.372 e. The molecule has 0 aliphatic rings. The van der Waals surface area contributed by atoms with Crippen LogP contribution in [0.1, 0.15) is 18.9 Å². The molecule has 0 saturated carbocycles. The lowest BCUT2D eigenvalue weighted by Crippen LogP contribution is -2.24. The average Bonchev–Trinajstić information content (AvgIpc) is 2.19. The second-order valence-corrected chi connectivity index (χ2v) is 3.84. The molecule has 0 bridgehead atoms. The lowest BCUT2D eigenvalue weighted by atomic mass is 10.2. The van der Waals surface area contributed by atoms with Crippen molar-refractivity contribution in [1.29, 1.82) is 0 Å². The summed E-state index contributed by atoms with van der Waals surface area (Å²) in [6.07, 6.45) is 1.04. The van der Waals surface area contributed by atoms with E-state index >= 15 is 0 Å². The summed E-state index contributed by atoms with van der Waals surface area (Å²) in [6, 6.07) is 8.61. The van der Waals surface area contributed by atoms with Crippen molar-refractivity contribution in [2.24, 2.45) is 0 Å². The second kappa shape index (κ2) is 5.92. The van der Waals surface area contributed by atoms with Crippen LogP contribution in [0.15, 0.2) is 24.3 Å². The van der Waals surface area contributed by atoms with Crippen LogP contribution in [0.3, 0.4) is 0 Å². The van der Waals surface area contributed by atoms with E-state index in [2.05, 4.69) is 43.0 Å². The van der Waals surface area contributed by atoms with E-state index in [-0.39, 0.29) is 0 Å². The molecule has 0 unspecified atom stereocenters. The van der Waals surface area contributed by atoms with Crippen molar-refractivity contribution in [3.05, 3.63) is 29.8 Å². The Morgan fingerprint density at radius 3 is 2.71 bits per heavy atom. The molecule has 0 atom stereocenters. The standard InChI is InChI=1S/C12H18ClN/c1-3-14(9-5-8-13)12-7-4-6-11(2)10-12/h4,6-7,10H,3,5,8-9H2,1-2H3. The van der Waals surface area contributed by atoms with Crippen molar-refractivity contribution in [3.63, 3.8) is 0 Å². The van der Waals surface area contributed by atoms with Crippen LogP contribution in [0.4, 0.5) is 5.69 Å². The topological polar surface area (TPSA) is 3.24 Å². The highest BCUT2D eigenvalue weighted by molar-refractivity contribution is 6.17. The van der Waals surface area contributed by atoms with E-state index in [1.807, 2.05) is 0 Å². The third-order valence-corrected chi connectivity index (χ3v) is 2.58. The molecule has 0 radical (unpaired) electrons. The summed E-state index contributed by atoms with van der Waals surface area (Å²) in [5.74, 6) is 0.738. The normalized spacial score (nSPS) is 10.2. The lowest BCUT2D eigenvalue weighted by molar-refractivity contribution is 0.794. The maximum Gasteiger partial charge on any atom is 0.0368 e. The van der Waals surface area contributed by atoms with E-state index < -0.39 is 0 Å². The van der Waals surface area contributed by atoms with E-state index in [0.29, 0.717) is 0 Å². The molecule has 78 valence electrons. The molecular weight excluding hydrogens is 194 g/mol. The van der Waals surface area contributed by atoms with Crippen molar-refractivity contribution < 1.29 is 0 Å². The van der Waals surface area contributed by atoms with Crippen LogP contribution in [0, 0.1) is 6.92 Å². The Morgan fingerprint density at radius 2 is 2.14 bits per heavy atom. The van der Waals surface area contributed by atoms with Gasteiger partial charge in [0.1, 0.15) is 0 Å². The summed E-state index contributed by atoms with van der Waals surface area (Å²) in [4.78, 5) is 2.36. The molecule has 1 rings (SSSR count). The van der Waals surface area contributed by atoms with Crippen LogP contribution in [0.5, 0.6) is 0 Å². The van der Waals surface area contributed by atoms with Gasteiger partial charge in [-0.2, -0.15) is 0 Å². The molecular formula is C12H18ClN. The van der Waals surface area contributed by atoms with Gasteiger partial charge in [0.2, 0.25) is 0 Å². The third kappa shape index (κ3) is 3.22. The first-order chi connectivity index (χ1) is 6.77. The number of rotatable bonds is 5. The fourth-order valence-corrected chi connectivity index (χ4v) is 1.66. The molecule has 0 fully saturated rings. The van der Waals surface area contributed by atoms with Crippen molar-refractivity contribution >= 4 is 17.3 Å². The highest BCUT2D eigenvalue weighted by atomic mass is 35.5. The van der Waals surface area contributed by atoms with Gasteiger partial charge in [0.05, 0.1) is 0 Å². The minimum absolute atomic E-state index is 0.738. The molecule has 0 aromatic heterocycles. The van der Waals surface area contributed by atoms with Gasteiger partial charge >= 0.3 is 0 Å². The van der Waals surface area contributed by atoms with Crippen LogP contribution < -0.4 is 4.90 Å². The van der Waals surface area contributed by atoms with Gasteiger partial charge in [0, 0.05) is 24.7 Å². The predicted molar refractivity (Wildman–Crippen MR) is 64.4 cm³/mol. The number of anilines is 1. The summed E-state index contributed by atoms with van der Waals surface area (Å²) in [7, 11) is 0. The monoisotopic (exact) mass is 211 g/mol. The SMILES string of the molecule is CCN(CCCCl)c1cccc(C)c1. The molecule has 0 aliphatic heterocycles. The van der Waals surface area contributed by atoms with Crippen molar-refractivity contribution in [2.75, 3.05) is 23.9 Å². The molecule has 1 aromatic carbocycles. The molecule has 1 aromatic rings. The van der Waals surface area contributed by atoms with E-state index in [1.54, 1.807) is 0 Å². The van der Waals surface area contributed by atoms with Gasteiger partial charge < -0.3 is 4.90 Å². The quantitative estimate of drug-likeness (QED) is 0.675.